The van der Waals surface area contributed by atoms with Crippen LogP contribution in [0.1, 0.15) is 29.6 Å². The standard InChI is InChI=1S/C19H26N2O2/c1-23-18-10-6-5-9-17(18)19(22)21-13-11-20(12-14-21)15-16-7-3-2-4-8-16/h2-3,5-6,9-10,16H,4,7-8,11-15H2,1H3/p+1/t16-/m0/s1. The van der Waals surface area contributed by atoms with Gasteiger partial charge >= 0.3 is 0 Å². The van der Waals surface area contributed by atoms with Gasteiger partial charge in [0.2, 0.25) is 0 Å². The van der Waals surface area contributed by atoms with Crippen molar-refractivity contribution in [2.24, 2.45) is 5.92 Å². The van der Waals surface area contributed by atoms with Crippen LogP contribution in [-0.2, 0) is 0 Å². The molecule has 1 aliphatic carbocycles. The van der Waals surface area contributed by atoms with E-state index >= 15 is 0 Å². The maximum Gasteiger partial charge on any atom is 0.258 e. The highest BCUT2D eigenvalue weighted by atomic mass is 16.5. The van der Waals surface area contributed by atoms with Gasteiger partial charge in [-0.1, -0.05) is 24.3 Å². The van der Waals surface area contributed by atoms with Crippen LogP contribution in [0.25, 0.3) is 0 Å². The van der Waals surface area contributed by atoms with Crippen molar-refractivity contribution in [2.45, 2.75) is 19.3 Å². The second kappa shape index (κ2) is 7.64. The molecule has 0 radical (unpaired) electrons. The minimum absolute atomic E-state index is 0.0992. The third kappa shape index (κ3) is 3.94. The van der Waals surface area contributed by atoms with Crippen LogP contribution in [0, 0.1) is 5.92 Å². The van der Waals surface area contributed by atoms with Crippen molar-refractivity contribution >= 4 is 5.91 Å². The van der Waals surface area contributed by atoms with Crippen LogP contribution in [-0.4, -0.2) is 50.6 Å². The van der Waals surface area contributed by atoms with Crippen molar-refractivity contribution in [2.75, 3.05) is 39.8 Å². The van der Waals surface area contributed by atoms with E-state index in [9.17, 15) is 4.79 Å². The normalized spacial score (nSPS) is 22.1. The number of allylic oxidation sites excluding steroid dienone is 2. The summed E-state index contributed by atoms with van der Waals surface area (Å²) in [6.07, 6.45) is 8.42. The molecule has 1 saturated heterocycles. The topological polar surface area (TPSA) is 34.0 Å². The molecule has 0 bridgehead atoms. The first-order valence-corrected chi connectivity index (χ1v) is 8.69. The van der Waals surface area contributed by atoms with Crippen molar-refractivity contribution in [1.29, 1.82) is 0 Å². The number of amides is 1. The van der Waals surface area contributed by atoms with Crippen molar-refractivity contribution in [3.05, 3.63) is 42.0 Å². The molecule has 0 aromatic heterocycles. The Bertz CT molecular complexity index is 562. The predicted octanol–water partition coefficient (Wildman–Crippen LogP) is 1.39. The summed E-state index contributed by atoms with van der Waals surface area (Å²) in [7, 11) is 1.62. The first-order valence-electron chi connectivity index (χ1n) is 8.69. The van der Waals surface area contributed by atoms with E-state index in [0.717, 1.165) is 32.1 Å². The Balaban J connectivity index is 1.54. The predicted molar refractivity (Wildman–Crippen MR) is 90.9 cm³/mol. The molecule has 1 aromatic carbocycles. The molecule has 1 aliphatic heterocycles. The third-order valence-corrected chi connectivity index (χ3v) is 5.05. The van der Waals surface area contributed by atoms with E-state index in [1.165, 1.54) is 25.8 Å². The van der Waals surface area contributed by atoms with Gasteiger partial charge in [-0.2, -0.15) is 0 Å². The number of quaternary nitrogens is 1. The minimum atomic E-state index is 0.0992. The second-order valence-electron chi connectivity index (χ2n) is 6.60. The van der Waals surface area contributed by atoms with Gasteiger partial charge in [0.25, 0.3) is 5.91 Å². The number of rotatable bonds is 4. The summed E-state index contributed by atoms with van der Waals surface area (Å²) in [5.41, 5.74) is 0.677. The first kappa shape index (κ1) is 16.1. The number of methoxy groups -OCH3 is 1. The summed E-state index contributed by atoms with van der Waals surface area (Å²) >= 11 is 0. The van der Waals surface area contributed by atoms with E-state index in [4.69, 9.17) is 4.74 Å². The Labute approximate surface area is 138 Å². The summed E-state index contributed by atoms with van der Waals surface area (Å²) in [6, 6.07) is 7.50. The fraction of sp³-hybridized carbons (Fsp3) is 0.526. The molecule has 1 heterocycles. The minimum Gasteiger partial charge on any atom is -0.496 e. The summed E-state index contributed by atoms with van der Waals surface area (Å²) in [5, 5.41) is 0. The molecular formula is C19H27N2O2+. The molecule has 3 rings (SSSR count). The molecule has 23 heavy (non-hydrogen) atoms. The van der Waals surface area contributed by atoms with Gasteiger partial charge in [-0.15, -0.1) is 0 Å². The van der Waals surface area contributed by atoms with Gasteiger partial charge in [-0.3, -0.25) is 4.79 Å². The fourth-order valence-electron chi connectivity index (χ4n) is 3.67. The number of hydrogen-bond acceptors (Lipinski definition) is 2. The number of ether oxygens (including phenoxy) is 1. The molecule has 1 amide bonds. The van der Waals surface area contributed by atoms with Crippen LogP contribution < -0.4 is 9.64 Å². The second-order valence-corrected chi connectivity index (χ2v) is 6.60. The van der Waals surface area contributed by atoms with Crippen molar-refractivity contribution in [1.82, 2.24) is 4.90 Å². The Morgan fingerprint density at radius 3 is 2.74 bits per heavy atom. The maximum absolute atomic E-state index is 12.7. The summed E-state index contributed by atoms with van der Waals surface area (Å²) in [4.78, 5) is 16.3. The van der Waals surface area contributed by atoms with Crippen LogP contribution in [0.4, 0.5) is 0 Å². The number of carbonyl (C=O) groups excluding carboxylic acids is 1. The summed E-state index contributed by atoms with van der Waals surface area (Å²) < 4.78 is 5.32. The third-order valence-electron chi connectivity index (χ3n) is 5.05. The zero-order chi connectivity index (χ0) is 16.1. The van der Waals surface area contributed by atoms with Gasteiger partial charge in [-0.25, -0.2) is 0 Å². The summed E-state index contributed by atoms with van der Waals surface area (Å²) in [6.45, 7) is 5.05. The molecule has 4 heteroatoms. The SMILES string of the molecule is COc1ccccc1C(=O)N1CC[NH+](C[C@H]2CC=CCC2)CC1. The molecule has 1 aromatic rings. The number of hydrogen-bond donors (Lipinski definition) is 1. The highest BCUT2D eigenvalue weighted by Crippen LogP contribution is 2.19. The molecule has 124 valence electrons. The molecule has 0 saturated carbocycles. The molecular weight excluding hydrogens is 288 g/mol. The maximum atomic E-state index is 12.7. The Kier molecular flexibility index (Phi) is 5.34. The van der Waals surface area contributed by atoms with Crippen molar-refractivity contribution in [3.63, 3.8) is 0 Å². The highest BCUT2D eigenvalue weighted by molar-refractivity contribution is 5.97. The average Bonchev–Trinajstić information content (AvgIpc) is 2.62. The van der Waals surface area contributed by atoms with Crippen molar-refractivity contribution in [3.8, 4) is 5.75 Å². The molecule has 1 fully saturated rings. The number of piperazine rings is 1. The lowest BCUT2D eigenvalue weighted by Crippen LogP contribution is -3.15. The number of carbonyl (C=O) groups is 1. The van der Waals surface area contributed by atoms with Crippen LogP contribution >= 0.6 is 0 Å². The molecule has 1 atom stereocenters. The zero-order valence-electron chi connectivity index (χ0n) is 14.0. The van der Waals surface area contributed by atoms with E-state index in [-0.39, 0.29) is 5.91 Å². The molecule has 0 spiro atoms. The van der Waals surface area contributed by atoms with Gasteiger partial charge in [-0.05, 0) is 31.4 Å². The number of para-hydroxylation sites is 1. The molecule has 1 N–H and O–H groups in total. The quantitative estimate of drug-likeness (QED) is 0.852. The van der Waals surface area contributed by atoms with Gasteiger partial charge in [0.05, 0.1) is 45.4 Å². The fourth-order valence-corrected chi connectivity index (χ4v) is 3.67. The van der Waals surface area contributed by atoms with E-state index in [1.807, 2.05) is 29.2 Å². The van der Waals surface area contributed by atoms with Crippen molar-refractivity contribution < 1.29 is 14.4 Å². The smallest absolute Gasteiger partial charge is 0.258 e. The summed E-state index contributed by atoms with van der Waals surface area (Å²) in [5.74, 6) is 1.59. The monoisotopic (exact) mass is 315 g/mol. The lowest BCUT2D eigenvalue weighted by Gasteiger charge is -2.34. The molecule has 4 nitrogen and oxygen atoms in total. The van der Waals surface area contributed by atoms with Gasteiger partial charge in [0, 0.05) is 5.92 Å². The Morgan fingerprint density at radius 2 is 2.04 bits per heavy atom. The van der Waals surface area contributed by atoms with Crippen LogP contribution in [0.2, 0.25) is 0 Å². The van der Waals surface area contributed by atoms with E-state index < -0.39 is 0 Å². The van der Waals surface area contributed by atoms with E-state index in [0.29, 0.717) is 11.3 Å². The first-order chi connectivity index (χ1) is 11.3. The number of nitrogens with zero attached hydrogens (tertiary/aromatic N) is 1. The van der Waals surface area contributed by atoms with Crippen LogP contribution in [0.5, 0.6) is 5.75 Å². The van der Waals surface area contributed by atoms with Gasteiger partial charge in [0.1, 0.15) is 5.75 Å². The van der Waals surface area contributed by atoms with Crippen LogP contribution in [0.3, 0.4) is 0 Å². The van der Waals surface area contributed by atoms with E-state index in [1.54, 1.807) is 12.0 Å². The highest BCUT2D eigenvalue weighted by Gasteiger charge is 2.27. The largest absolute Gasteiger partial charge is 0.496 e. The average molecular weight is 315 g/mol. The number of benzene rings is 1. The molecule has 2 aliphatic rings. The lowest BCUT2D eigenvalue weighted by atomic mass is 9.94. The lowest BCUT2D eigenvalue weighted by molar-refractivity contribution is -0.907. The molecule has 0 unspecified atom stereocenters. The van der Waals surface area contributed by atoms with Gasteiger partial charge < -0.3 is 14.5 Å². The zero-order valence-corrected chi connectivity index (χ0v) is 14.0. The number of nitrogens with one attached hydrogen (secondary N) is 1. The Morgan fingerprint density at radius 1 is 1.26 bits per heavy atom. The van der Waals surface area contributed by atoms with Crippen LogP contribution in [0.15, 0.2) is 36.4 Å². The van der Waals surface area contributed by atoms with Gasteiger partial charge in [0.15, 0.2) is 0 Å². The van der Waals surface area contributed by atoms with E-state index in [2.05, 4.69) is 12.2 Å². The Hall–Kier alpha value is -1.81.